The summed E-state index contributed by atoms with van der Waals surface area (Å²) in [5, 5.41) is 9.21. The molecule has 1 aliphatic heterocycles. The van der Waals surface area contributed by atoms with Crippen LogP contribution in [0.5, 0.6) is 5.88 Å². The number of hydrogen-bond acceptors (Lipinski definition) is 6. The lowest BCUT2D eigenvalue weighted by Crippen LogP contribution is -2.34. The fraction of sp³-hybridized carbons (Fsp3) is 0.308. The number of imidazole rings is 1. The Kier molecular flexibility index (Phi) is 5.95. The minimum absolute atomic E-state index is 0.330. The van der Waals surface area contributed by atoms with Crippen molar-refractivity contribution in [3.8, 4) is 34.5 Å². The van der Waals surface area contributed by atoms with Gasteiger partial charge in [-0.05, 0) is 51.6 Å². The predicted molar refractivity (Wildman–Crippen MR) is 127 cm³/mol. The summed E-state index contributed by atoms with van der Waals surface area (Å²) in [4.78, 5) is 15.8. The Morgan fingerprint density at radius 3 is 2.76 bits per heavy atom. The third-order valence-corrected chi connectivity index (χ3v) is 6.30. The maximum Gasteiger partial charge on any atom is 0.240 e. The number of hydrogen-bond donors (Lipinski definition) is 0. The maximum atomic E-state index is 14.5. The fourth-order valence-electron chi connectivity index (χ4n) is 4.49. The molecule has 0 spiro atoms. The van der Waals surface area contributed by atoms with Crippen LogP contribution in [0.3, 0.4) is 0 Å². The van der Waals surface area contributed by atoms with Crippen LogP contribution < -0.4 is 4.74 Å². The molecule has 1 aliphatic rings. The zero-order valence-corrected chi connectivity index (χ0v) is 19.2. The molecule has 1 fully saturated rings. The smallest absolute Gasteiger partial charge is 0.240 e. The van der Waals surface area contributed by atoms with Gasteiger partial charge in [-0.1, -0.05) is 12.1 Å². The van der Waals surface area contributed by atoms with Crippen LogP contribution in [0.25, 0.3) is 28.0 Å². The molecular formula is C26H25FN6O. The number of benzene rings is 1. The van der Waals surface area contributed by atoms with E-state index < -0.39 is 5.82 Å². The number of piperidine rings is 1. The number of rotatable bonds is 5. The van der Waals surface area contributed by atoms with Gasteiger partial charge in [0.1, 0.15) is 11.3 Å². The van der Waals surface area contributed by atoms with Crippen LogP contribution in [0, 0.1) is 30.0 Å². The molecule has 0 unspecified atom stereocenters. The van der Waals surface area contributed by atoms with E-state index in [1.54, 1.807) is 37.8 Å². The van der Waals surface area contributed by atoms with Crippen molar-refractivity contribution in [2.75, 3.05) is 26.7 Å². The van der Waals surface area contributed by atoms with E-state index in [9.17, 15) is 9.65 Å². The highest BCUT2D eigenvalue weighted by molar-refractivity contribution is 5.82. The number of ether oxygens (including phenoxy) is 1. The lowest BCUT2D eigenvalue weighted by molar-refractivity contribution is 0.148. The quantitative estimate of drug-likeness (QED) is 0.440. The first-order chi connectivity index (χ1) is 16.5. The van der Waals surface area contributed by atoms with Gasteiger partial charge in [0, 0.05) is 29.8 Å². The van der Waals surface area contributed by atoms with Crippen LogP contribution in [0.2, 0.25) is 0 Å². The molecule has 1 saturated heterocycles. The first kappa shape index (κ1) is 22.0. The Labute approximate surface area is 197 Å². The summed E-state index contributed by atoms with van der Waals surface area (Å²) in [6.45, 7) is 4.29. The molecule has 1 aromatic carbocycles. The Hall–Kier alpha value is -3.83. The van der Waals surface area contributed by atoms with Crippen LogP contribution >= 0.6 is 0 Å². The molecule has 172 valence electrons. The minimum atomic E-state index is -0.390. The number of halogens is 1. The Morgan fingerprint density at radius 1 is 1.21 bits per heavy atom. The molecule has 0 N–H and O–H groups in total. The second kappa shape index (κ2) is 9.20. The lowest BCUT2D eigenvalue weighted by atomic mass is 10.00. The molecule has 0 amide bonds. The first-order valence-corrected chi connectivity index (χ1v) is 11.3. The van der Waals surface area contributed by atoms with Crippen molar-refractivity contribution in [3.63, 3.8) is 0 Å². The number of aromatic nitrogens is 4. The van der Waals surface area contributed by atoms with Crippen molar-refractivity contribution >= 4 is 5.52 Å². The van der Waals surface area contributed by atoms with Gasteiger partial charge in [-0.25, -0.2) is 14.4 Å². The van der Waals surface area contributed by atoms with Gasteiger partial charge in [-0.15, -0.1) is 0 Å². The zero-order chi connectivity index (χ0) is 23.7. The van der Waals surface area contributed by atoms with Gasteiger partial charge in [-0.3, -0.25) is 9.38 Å². The number of nitrogens with zero attached hydrogens (tertiary/aromatic N) is 6. The topological polar surface area (TPSA) is 79.3 Å². The summed E-state index contributed by atoms with van der Waals surface area (Å²) in [6, 6.07) is 10.8. The highest BCUT2D eigenvalue weighted by Crippen LogP contribution is 2.35. The van der Waals surface area contributed by atoms with E-state index in [4.69, 9.17) is 9.72 Å². The van der Waals surface area contributed by atoms with Crippen molar-refractivity contribution in [2.24, 2.45) is 5.92 Å². The van der Waals surface area contributed by atoms with Gasteiger partial charge in [-0.2, -0.15) is 5.26 Å². The SMILES string of the molecule is Cc1ncc(-c2c(-c3ccc(C#N)cc3)nc(OC[C@@H]3CCCN(C)C3)c3cncn23)cc1F. The van der Waals surface area contributed by atoms with Crippen molar-refractivity contribution < 1.29 is 9.13 Å². The summed E-state index contributed by atoms with van der Waals surface area (Å²) in [5.41, 5.74) is 4.22. The third kappa shape index (κ3) is 4.22. The summed E-state index contributed by atoms with van der Waals surface area (Å²) in [6.07, 6.45) is 7.30. The number of fused-ring (bicyclic) bond motifs is 1. The molecule has 4 heterocycles. The van der Waals surface area contributed by atoms with E-state index in [2.05, 4.69) is 28.0 Å². The molecule has 7 nitrogen and oxygen atoms in total. The molecule has 34 heavy (non-hydrogen) atoms. The summed E-state index contributed by atoms with van der Waals surface area (Å²) >= 11 is 0. The number of nitriles is 1. The van der Waals surface area contributed by atoms with Gasteiger partial charge >= 0.3 is 0 Å². The van der Waals surface area contributed by atoms with Crippen molar-refractivity contribution in [1.82, 2.24) is 24.3 Å². The molecule has 0 saturated carbocycles. The predicted octanol–water partition coefficient (Wildman–Crippen LogP) is 4.50. The molecule has 0 bridgehead atoms. The monoisotopic (exact) mass is 456 g/mol. The minimum Gasteiger partial charge on any atom is -0.476 e. The molecule has 0 radical (unpaired) electrons. The average molecular weight is 457 g/mol. The van der Waals surface area contributed by atoms with E-state index in [-0.39, 0.29) is 0 Å². The summed E-state index contributed by atoms with van der Waals surface area (Å²) < 4.78 is 22.6. The maximum absolute atomic E-state index is 14.5. The van der Waals surface area contributed by atoms with Crippen molar-refractivity contribution in [1.29, 1.82) is 5.26 Å². The van der Waals surface area contributed by atoms with E-state index in [1.165, 1.54) is 6.07 Å². The van der Waals surface area contributed by atoms with Crippen molar-refractivity contribution in [3.05, 3.63) is 66.1 Å². The number of aryl methyl sites for hydroxylation is 1. The van der Waals surface area contributed by atoms with Crippen molar-refractivity contribution in [2.45, 2.75) is 19.8 Å². The standard InChI is InChI=1S/C26H25FN6O/c1-17-22(27)10-21(12-30-17)25-24(20-7-5-18(11-28)6-8-20)31-26(23-13-29-16-33(23)25)34-15-19-4-3-9-32(2)14-19/h5-8,10,12-13,16,19H,3-4,9,14-15H2,1-2H3/t19-/m1/s1. The molecular weight excluding hydrogens is 431 g/mol. The number of likely N-dealkylation sites (tertiary alicyclic amines) is 1. The summed E-state index contributed by atoms with van der Waals surface area (Å²) in [7, 11) is 2.13. The fourth-order valence-corrected chi connectivity index (χ4v) is 4.49. The highest BCUT2D eigenvalue weighted by atomic mass is 19.1. The van der Waals surface area contributed by atoms with Crippen LogP contribution in [0.4, 0.5) is 4.39 Å². The Morgan fingerprint density at radius 2 is 2.03 bits per heavy atom. The second-order valence-corrected chi connectivity index (χ2v) is 8.82. The first-order valence-electron chi connectivity index (χ1n) is 11.3. The molecule has 0 aliphatic carbocycles. The van der Waals surface area contributed by atoms with Gasteiger partial charge in [0.05, 0.1) is 47.8 Å². The average Bonchev–Trinajstić information content (AvgIpc) is 3.34. The molecule has 4 aromatic rings. The van der Waals surface area contributed by atoms with Gasteiger partial charge in [0.15, 0.2) is 0 Å². The largest absolute Gasteiger partial charge is 0.476 e. The normalized spacial score (nSPS) is 16.5. The Balaban J connectivity index is 1.63. The van der Waals surface area contributed by atoms with E-state index >= 15 is 0 Å². The van der Waals surface area contributed by atoms with E-state index in [0.29, 0.717) is 52.1 Å². The van der Waals surface area contributed by atoms with E-state index in [0.717, 1.165) is 31.5 Å². The second-order valence-electron chi connectivity index (χ2n) is 8.82. The summed E-state index contributed by atoms with van der Waals surface area (Å²) in [5.74, 6) is 0.518. The number of pyridine rings is 1. The van der Waals surface area contributed by atoms with Crippen LogP contribution in [-0.4, -0.2) is 51.0 Å². The third-order valence-electron chi connectivity index (χ3n) is 6.30. The van der Waals surface area contributed by atoms with E-state index in [1.807, 2.05) is 16.5 Å². The lowest BCUT2D eigenvalue weighted by Gasteiger charge is -2.29. The molecule has 5 rings (SSSR count). The van der Waals surface area contributed by atoms with Gasteiger partial charge in [0.2, 0.25) is 5.88 Å². The molecule has 1 atom stereocenters. The van der Waals surface area contributed by atoms with Crippen LogP contribution in [0.15, 0.2) is 49.1 Å². The Bertz CT molecular complexity index is 1370. The highest BCUT2D eigenvalue weighted by Gasteiger charge is 2.22. The zero-order valence-electron chi connectivity index (χ0n) is 19.2. The van der Waals surface area contributed by atoms with Crippen LogP contribution in [-0.2, 0) is 0 Å². The van der Waals surface area contributed by atoms with Crippen LogP contribution in [0.1, 0.15) is 24.1 Å². The molecule has 8 heteroatoms. The van der Waals surface area contributed by atoms with Gasteiger partial charge < -0.3 is 9.64 Å². The van der Waals surface area contributed by atoms with Gasteiger partial charge in [0.25, 0.3) is 0 Å². The molecule has 3 aromatic heterocycles.